The number of ketones is 1. The number of carbonyl (C=O) groups excluding carboxylic acids is 2. The molecule has 1 fully saturated rings. The highest BCUT2D eigenvalue weighted by Crippen LogP contribution is 2.41. The summed E-state index contributed by atoms with van der Waals surface area (Å²) in [4.78, 5) is 29.9. The zero-order valence-corrected chi connectivity index (χ0v) is 17.7. The quantitative estimate of drug-likeness (QED) is 0.425. The second-order valence-electron chi connectivity index (χ2n) is 6.88. The standard InChI is InChI=1S/C21H24N2O5S/c1-22(2)9-10-23-18(16-6-5-11-29-16)17(20(25)21(23)26)19(24)13-7-8-14(27-3)15(12-13)28-4/h5-8,11-12,18,24H,9-10H2,1-4H3/b19-17+. The van der Waals surface area contributed by atoms with Crippen LogP contribution in [-0.2, 0) is 9.59 Å². The first-order valence-corrected chi connectivity index (χ1v) is 9.96. The van der Waals surface area contributed by atoms with Crippen LogP contribution in [0.15, 0.2) is 41.3 Å². The van der Waals surface area contributed by atoms with Crippen LogP contribution in [0.4, 0.5) is 0 Å². The first kappa shape index (κ1) is 20.9. The smallest absolute Gasteiger partial charge is 0.295 e. The van der Waals surface area contributed by atoms with E-state index >= 15 is 0 Å². The number of benzene rings is 1. The van der Waals surface area contributed by atoms with E-state index in [0.717, 1.165) is 4.88 Å². The molecule has 3 rings (SSSR count). The highest BCUT2D eigenvalue weighted by molar-refractivity contribution is 7.10. The number of aliphatic hydroxyl groups excluding tert-OH is 1. The fourth-order valence-corrected chi connectivity index (χ4v) is 4.15. The van der Waals surface area contributed by atoms with Crippen molar-refractivity contribution in [3.63, 3.8) is 0 Å². The van der Waals surface area contributed by atoms with Crippen LogP contribution in [0.3, 0.4) is 0 Å². The highest BCUT2D eigenvalue weighted by Gasteiger charge is 2.46. The minimum Gasteiger partial charge on any atom is -0.507 e. The molecule has 0 aliphatic carbocycles. The maximum atomic E-state index is 12.9. The number of likely N-dealkylation sites (tertiary alicyclic amines) is 1. The van der Waals surface area contributed by atoms with E-state index in [2.05, 4.69) is 0 Å². The monoisotopic (exact) mass is 416 g/mol. The number of likely N-dealkylation sites (N-methyl/N-ethyl adjacent to an activating group) is 1. The van der Waals surface area contributed by atoms with Crippen molar-refractivity contribution >= 4 is 28.8 Å². The van der Waals surface area contributed by atoms with Gasteiger partial charge in [-0.1, -0.05) is 6.07 Å². The second kappa shape index (κ2) is 8.67. The van der Waals surface area contributed by atoms with Gasteiger partial charge in [0.05, 0.1) is 25.8 Å². The van der Waals surface area contributed by atoms with Gasteiger partial charge in [0, 0.05) is 23.5 Å². The molecular weight excluding hydrogens is 392 g/mol. The second-order valence-corrected chi connectivity index (χ2v) is 7.86. The van der Waals surface area contributed by atoms with E-state index in [1.807, 2.05) is 36.5 Å². The molecule has 29 heavy (non-hydrogen) atoms. The molecule has 1 saturated heterocycles. The van der Waals surface area contributed by atoms with E-state index in [9.17, 15) is 14.7 Å². The number of rotatable bonds is 7. The Kier molecular flexibility index (Phi) is 6.24. The SMILES string of the molecule is COc1ccc(/C(O)=C2\C(=O)C(=O)N(CCN(C)C)C2c2cccs2)cc1OC. The van der Waals surface area contributed by atoms with E-state index in [1.165, 1.54) is 30.5 Å². The molecule has 8 heteroatoms. The first-order chi connectivity index (χ1) is 13.9. The van der Waals surface area contributed by atoms with Crippen LogP contribution in [0.1, 0.15) is 16.5 Å². The van der Waals surface area contributed by atoms with Crippen LogP contribution < -0.4 is 9.47 Å². The number of carbonyl (C=O) groups is 2. The van der Waals surface area contributed by atoms with Gasteiger partial charge in [-0.15, -0.1) is 11.3 Å². The Hall–Kier alpha value is -2.84. The average Bonchev–Trinajstić information content (AvgIpc) is 3.32. The van der Waals surface area contributed by atoms with Crippen molar-refractivity contribution in [2.45, 2.75) is 6.04 Å². The van der Waals surface area contributed by atoms with Crippen LogP contribution in [0.25, 0.3) is 5.76 Å². The molecule has 0 saturated carbocycles. The fourth-order valence-electron chi connectivity index (χ4n) is 3.30. The minimum absolute atomic E-state index is 0.0865. The van der Waals surface area contributed by atoms with Crippen molar-refractivity contribution in [2.75, 3.05) is 41.4 Å². The van der Waals surface area contributed by atoms with E-state index < -0.39 is 17.7 Å². The Bertz CT molecular complexity index is 937. The molecule has 1 N–H and O–H groups in total. The van der Waals surface area contributed by atoms with Crippen molar-refractivity contribution in [3.05, 3.63) is 51.7 Å². The summed E-state index contributed by atoms with van der Waals surface area (Å²) in [7, 11) is 6.82. The molecule has 2 aromatic rings. The molecule has 0 radical (unpaired) electrons. The lowest BCUT2D eigenvalue weighted by molar-refractivity contribution is -0.140. The molecule has 1 amide bonds. The van der Waals surface area contributed by atoms with Crippen molar-refractivity contribution in [1.29, 1.82) is 0 Å². The summed E-state index contributed by atoms with van der Waals surface area (Å²) in [6.45, 7) is 0.980. The molecule has 1 unspecified atom stereocenters. The summed E-state index contributed by atoms with van der Waals surface area (Å²) in [5.74, 6) is -0.590. The predicted octanol–water partition coefficient (Wildman–Crippen LogP) is 2.75. The Morgan fingerprint density at radius 1 is 1.17 bits per heavy atom. The Morgan fingerprint density at radius 3 is 2.48 bits per heavy atom. The third kappa shape index (κ3) is 3.99. The van der Waals surface area contributed by atoms with Crippen LogP contribution in [0, 0.1) is 0 Å². The third-order valence-electron chi connectivity index (χ3n) is 4.80. The van der Waals surface area contributed by atoms with Crippen molar-refractivity contribution in [1.82, 2.24) is 9.80 Å². The molecule has 1 aliphatic heterocycles. The summed E-state index contributed by atoms with van der Waals surface area (Å²) in [5.41, 5.74) is 0.471. The van der Waals surface area contributed by atoms with Crippen LogP contribution in [0.2, 0.25) is 0 Å². The number of ether oxygens (including phenoxy) is 2. The number of aliphatic hydroxyl groups is 1. The molecular formula is C21H24N2O5S. The van der Waals surface area contributed by atoms with Crippen molar-refractivity contribution in [2.24, 2.45) is 0 Å². The van der Waals surface area contributed by atoms with Gasteiger partial charge in [0.15, 0.2) is 11.5 Å². The van der Waals surface area contributed by atoms with Crippen LogP contribution in [0.5, 0.6) is 11.5 Å². The number of amides is 1. The molecule has 7 nitrogen and oxygen atoms in total. The zero-order valence-electron chi connectivity index (χ0n) is 16.8. The maximum absolute atomic E-state index is 12.9. The minimum atomic E-state index is -0.686. The summed E-state index contributed by atoms with van der Waals surface area (Å²) in [6, 6.07) is 7.98. The molecule has 0 bridgehead atoms. The molecule has 1 aliphatic rings. The number of Topliss-reactive ketones (excluding diaryl/α,β-unsaturated/α-hetero) is 1. The summed E-state index contributed by atoms with van der Waals surface area (Å²) in [6.07, 6.45) is 0. The van der Waals surface area contributed by atoms with Gasteiger partial charge in [-0.25, -0.2) is 0 Å². The number of hydrogen-bond acceptors (Lipinski definition) is 7. The van der Waals surface area contributed by atoms with Gasteiger partial charge in [-0.2, -0.15) is 0 Å². The lowest BCUT2D eigenvalue weighted by Crippen LogP contribution is -2.35. The number of methoxy groups -OCH3 is 2. The Balaban J connectivity index is 2.11. The van der Waals surface area contributed by atoms with Gasteiger partial charge in [0.2, 0.25) is 0 Å². The van der Waals surface area contributed by atoms with Crippen LogP contribution >= 0.6 is 11.3 Å². The van der Waals surface area contributed by atoms with E-state index in [-0.39, 0.29) is 11.3 Å². The summed E-state index contributed by atoms with van der Waals surface area (Å²) in [5, 5.41) is 12.9. The van der Waals surface area contributed by atoms with Gasteiger partial charge in [-0.3, -0.25) is 9.59 Å². The van der Waals surface area contributed by atoms with Crippen molar-refractivity contribution < 1.29 is 24.2 Å². The Morgan fingerprint density at radius 2 is 1.90 bits per heavy atom. The van der Waals surface area contributed by atoms with Gasteiger partial charge < -0.3 is 24.4 Å². The summed E-state index contributed by atoms with van der Waals surface area (Å²) < 4.78 is 10.5. The Labute approximate surface area is 173 Å². The average molecular weight is 416 g/mol. The van der Waals surface area contributed by atoms with Crippen molar-refractivity contribution in [3.8, 4) is 11.5 Å². The number of nitrogens with zero attached hydrogens (tertiary/aromatic N) is 2. The van der Waals surface area contributed by atoms with E-state index in [0.29, 0.717) is 30.2 Å². The van der Waals surface area contributed by atoms with Crippen LogP contribution in [-0.4, -0.2) is 68.0 Å². The van der Waals surface area contributed by atoms with Gasteiger partial charge in [-0.05, 0) is 43.7 Å². The molecule has 1 aromatic carbocycles. The van der Waals surface area contributed by atoms with E-state index in [1.54, 1.807) is 18.2 Å². The summed E-state index contributed by atoms with van der Waals surface area (Å²) >= 11 is 1.44. The zero-order chi connectivity index (χ0) is 21.1. The van der Waals surface area contributed by atoms with Gasteiger partial charge in [0.25, 0.3) is 11.7 Å². The molecule has 2 heterocycles. The largest absolute Gasteiger partial charge is 0.507 e. The highest BCUT2D eigenvalue weighted by atomic mass is 32.1. The maximum Gasteiger partial charge on any atom is 0.295 e. The fraction of sp³-hybridized carbons (Fsp3) is 0.333. The number of thiophene rings is 1. The molecule has 154 valence electrons. The third-order valence-corrected chi connectivity index (χ3v) is 5.72. The van der Waals surface area contributed by atoms with E-state index in [4.69, 9.17) is 9.47 Å². The molecule has 1 atom stereocenters. The first-order valence-electron chi connectivity index (χ1n) is 9.08. The topological polar surface area (TPSA) is 79.3 Å². The predicted molar refractivity (Wildman–Crippen MR) is 111 cm³/mol. The number of hydrogen-bond donors (Lipinski definition) is 1. The van der Waals surface area contributed by atoms with Gasteiger partial charge in [0.1, 0.15) is 5.76 Å². The molecule has 1 aromatic heterocycles. The lowest BCUT2D eigenvalue weighted by Gasteiger charge is -2.25. The lowest BCUT2D eigenvalue weighted by atomic mass is 9.99. The van der Waals surface area contributed by atoms with Gasteiger partial charge >= 0.3 is 0 Å². The molecule has 0 spiro atoms. The normalized spacial score (nSPS) is 18.5.